The van der Waals surface area contributed by atoms with E-state index in [1.54, 1.807) is 4.68 Å². The van der Waals surface area contributed by atoms with Crippen molar-refractivity contribution in [3.05, 3.63) is 59.4 Å². The molecular weight excluding hydrogens is 392 g/mol. The zero-order valence-corrected chi connectivity index (χ0v) is 18.0. The second-order valence-electron chi connectivity index (χ2n) is 7.71. The van der Waals surface area contributed by atoms with Gasteiger partial charge in [0.1, 0.15) is 0 Å². The van der Waals surface area contributed by atoms with Gasteiger partial charge in [0.05, 0.1) is 47.7 Å². The van der Waals surface area contributed by atoms with Crippen molar-refractivity contribution in [3.63, 3.8) is 0 Å². The van der Waals surface area contributed by atoms with Crippen LogP contribution in [0.5, 0.6) is 0 Å². The molecule has 0 spiro atoms. The highest BCUT2D eigenvalue weighted by molar-refractivity contribution is 6.17. The molecule has 0 saturated heterocycles. The first-order valence-electron chi connectivity index (χ1n) is 10.3. The van der Waals surface area contributed by atoms with Gasteiger partial charge in [0.25, 0.3) is 0 Å². The molecule has 0 bridgehead atoms. The Balaban J connectivity index is 1.78. The molecule has 1 amide bonds. The van der Waals surface area contributed by atoms with Crippen LogP contribution >= 0.6 is 0 Å². The molecule has 0 fully saturated rings. The minimum absolute atomic E-state index is 0.103. The molecule has 0 radical (unpaired) electrons. The topological polar surface area (TPSA) is 95.6 Å². The molecule has 1 aromatic heterocycles. The minimum atomic E-state index is -0.165. The number of aryl methyl sites for hydroxylation is 1. The smallest absolute Gasteiger partial charge is 0.230 e. The maximum atomic E-state index is 12.6. The first-order chi connectivity index (χ1) is 15.0. The molecule has 8 nitrogen and oxygen atoms in total. The number of aliphatic hydroxyl groups excluding tert-OH is 1. The van der Waals surface area contributed by atoms with E-state index < -0.39 is 0 Å². The Morgan fingerprint density at radius 2 is 2.10 bits per heavy atom. The molecule has 160 valence electrons. The Kier molecular flexibility index (Phi) is 5.81. The maximum absolute atomic E-state index is 12.6. The lowest BCUT2D eigenvalue weighted by molar-refractivity contribution is -0.115. The Morgan fingerprint density at radius 3 is 2.87 bits per heavy atom. The highest BCUT2D eigenvalue weighted by atomic mass is 16.3. The molecule has 2 N–H and O–H groups in total. The third kappa shape index (κ3) is 4.20. The minimum Gasteiger partial charge on any atom is -0.390 e. The van der Waals surface area contributed by atoms with Gasteiger partial charge in [0.15, 0.2) is 0 Å². The third-order valence-corrected chi connectivity index (χ3v) is 5.35. The summed E-state index contributed by atoms with van der Waals surface area (Å²) in [6, 6.07) is 11.6. The van der Waals surface area contributed by atoms with E-state index in [1.807, 2.05) is 43.3 Å². The molecule has 4 rings (SSSR count). The Labute approximate surface area is 181 Å². The summed E-state index contributed by atoms with van der Waals surface area (Å²) in [7, 11) is 2.07. The van der Waals surface area contributed by atoms with Crippen LogP contribution in [0, 0.1) is 6.92 Å². The van der Waals surface area contributed by atoms with Gasteiger partial charge in [-0.15, -0.1) is 5.10 Å². The lowest BCUT2D eigenvalue weighted by Crippen LogP contribution is -2.19. The van der Waals surface area contributed by atoms with E-state index >= 15 is 0 Å². The van der Waals surface area contributed by atoms with Crippen molar-refractivity contribution in [2.75, 3.05) is 23.8 Å². The molecule has 3 aromatic rings. The van der Waals surface area contributed by atoms with E-state index in [1.165, 1.54) is 6.20 Å². The van der Waals surface area contributed by atoms with E-state index in [-0.39, 0.29) is 18.9 Å². The number of fused-ring (bicyclic) bond motifs is 1. The average Bonchev–Trinajstić information content (AvgIpc) is 3.17. The number of hydrogen-bond acceptors (Lipinski definition) is 6. The monoisotopic (exact) mass is 418 g/mol. The number of carbonyl (C=O) groups excluding carboxylic acids is 1. The Hall–Kier alpha value is -3.52. The summed E-state index contributed by atoms with van der Waals surface area (Å²) in [5, 5.41) is 20.4. The number of nitrogens with zero attached hydrogens (tertiary/aromatic N) is 5. The van der Waals surface area contributed by atoms with Crippen molar-refractivity contribution in [3.8, 4) is 5.69 Å². The lowest BCUT2D eigenvalue weighted by Gasteiger charge is -2.22. The number of hydrogen-bond donors (Lipinski definition) is 2. The van der Waals surface area contributed by atoms with Crippen LogP contribution in [-0.2, 0) is 11.4 Å². The number of carbonyl (C=O) groups is 1. The zero-order chi connectivity index (χ0) is 22.0. The molecule has 1 aliphatic heterocycles. The van der Waals surface area contributed by atoms with E-state index in [0.717, 1.165) is 46.8 Å². The SMILES string of the molecule is CCCN(C)c1cc2c(cc1C)NC(=O)CC(c1cccc(-n3nncc3CO)c1)=N2. The number of anilines is 2. The third-order valence-electron chi connectivity index (χ3n) is 5.35. The van der Waals surface area contributed by atoms with Crippen molar-refractivity contribution < 1.29 is 9.90 Å². The molecule has 0 saturated carbocycles. The van der Waals surface area contributed by atoms with Crippen molar-refractivity contribution in [2.24, 2.45) is 4.99 Å². The molecule has 0 unspecified atom stereocenters. The van der Waals surface area contributed by atoms with Crippen LogP contribution in [0.25, 0.3) is 5.69 Å². The number of aliphatic imine (C=N–C) groups is 1. The summed E-state index contributed by atoms with van der Waals surface area (Å²) in [6.07, 6.45) is 2.74. The number of amides is 1. The van der Waals surface area contributed by atoms with E-state index in [0.29, 0.717) is 11.4 Å². The van der Waals surface area contributed by atoms with Gasteiger partial charge >= 0.3 is 0 Å². The fourth-order valence-corrected chi connectivity index (χ4v) is 3.84. The normalized spacial score (nSPS) is 13.3. The molecule has 2 aromatic carbocycles. The zero-order valence-electron chi connectivity index (χ0n) is 18.0. The molecule has 2 heterocycles. The highest BCUT2D eigenvalue weighted by Gasteiger charge is 2.20. The molecule has 1 aliphatic rings. The van der Waals surface area contributed by atoms with Gasteiger partial charge in [0.2, 0.25) is 5.91 Å². The van der Waals surface area contributed by atoms with Crippen LogP contribution in [0.15, 0.2) is 47.6 Å². The predicted octanol–water partition coefficient (Wildman–Crippen LogP) is 3.38. The summed E-state index contributed by atoms with van der Waals surface area (Å²) in [6.45, 7) is 4.97. The Morgan fingerprint density at radius 1 is 1.26 bits per heavy atom. The number of rotatable bonds is 6. The highest BCUT2D eigenvalue weighted by Crippen LogP contribution is 2.35. The molecule has 0 atom stereocenters. The fourth-order valence-electron chi connectivity index (χ4n) is 3.84. The molecular formula is C23H26N6O2. The number of nitrogens with one attached hydrogen (secondary N) is 1. The summed E-state index contributed by atoms with van der Waals surface area (Å²) < 4.78 is 1.58. The number of aromatic nitrogens is 3. The van der Waals surface area contributed by atoms with Crippen LogP contribution in [0.1, 0.15) is 36.6 Å². The van der Waals surface area contributed by atoms with E-state index in [4.69, 9.17) is 4.99 Å². The fraction of sp³-hybridized carbons (Fsp3) is 0.304. The van der Waals surface area contributed by atoms with E-state index in [9.17, 15) is 9.90 Å². The first-order valence-corrected chi connectivity index (χ1v) is 10.3. The largest absolute Gasteiger partial charge is 0.390 e. The first kappa shape index (κ1) is 20.7. The maximum Gasteiger partial charge on any atom is 0.230 e. The summed E-state index contributed by atoms with van der Waals surface area (Å²) in [5.74, 6) is -0.103. The van der Waals surface area contributed by atoms with Gasteiger partial charge in [0, 0.05) is 19.3 Å². The van der Waals surface area contributed by atoms with Crippen molar-refractivity contribution in [1.29, 1.82) is 0 Å². The van der Waals surface area contributed by atoms with Gasteiger partial charge in [-0.1, -0.05) is 24.3 Å². The quantitative estimate of drug-likeness (QED) is 0.640. The van der Waals surface area contributed by atoms with Crippen molar-refractivity contribution >= 4 is 28.7 Å². The van der Waals surface area contributed by atoms with Gasteiger partial charge in [-0.3, -0.25) is 9.79 Å². The van der Waals surface area contributed by atoms with Crippen molar-refractivity contribution in [1.82, 2.24) is 15.0 Å². The van der Waals surface area contributed by atoms with Gasteiger partial charge in [-0.2, -0.15) is 0 Å². The van der Waals surface area contributed by atoms with Crippen LogP contribution in [0.4, 0.5) is 17.1 Å². The number of aliphatic hydroxyl groups is 1. The van der Waals surface area contributed by atoms with Crippen LogP contribution in [0.2, 0.25) is 0 Å². The van der Waals surface area contributed by atoms with Crippen LogP contribution < -0.4 is 10.2 Å². The van der Waals surface area contributed by atoms with Gasteiger partial charge in [-0.25, -0.2) is 4.68 Å². The molecule has 8 heteroatoms. The van der Waals surface area contributed by atoms with Gasteiger partial charge in [-0.05, 0) is 48.7 Å². The summed E-state index contributed by atoms with van der Waals surface area (Å²) in [4.78, 5) is 19.7. The second-order valence-corrected chi connectivity index (χ2v) is 7.71. The molecule has 0 aliphatic carbocycles. The van der Waals surface area contributed by atoms with Gasteiger partial charge < -0.3 is 15.3 Å². The van der Waals surface area contributed by atoms with Crippen LogP contribution in [-0.4, -0.2) is 45.3 Å². The molecule has 31 heavy (non-hydrogen) atoms. The summed E-state index contributed by atoms with van der Waals surface area (Å²) in [5.41, 5.74) is 6.50. The lowest BCUT2D eigenvalue weighted by atomic mass is 10.1. The standard InChI is InChI=1S/C23H26N6O2/c1-4-8-28(3)22-11-21-20(9-15(22)2)26-23(31)12-19(25-21)16-6-5-7-17(10-16)29-18(14-30)13-24-27-29/h5-7,9-11,13,30H,4,8,12,14H2,1-3H3,(H,26,31). The Bertz CT molecular complexity index is 1150. The van der Waals surface area contributed by atoms with E-state index in [2.05, 4.69) is 34.5 Å². The average molecular weight is 419 g/mol. The number of benzene rings is 2. The van der Waals surface area contributed by atoms with Crippen molar-refractivity contribution in [2.45, 2.75) is 33.3 Å². The second kappa shape index (κ2) is 8.69. The van der Waals surface area contributed by atoms with Crippen LogP contribution in [0.3, 0.4) is 0 Å². The predicted molar refractivity (Wildman–Crippen MR) is 121 cm³/mol. The summed E-state index contributed by atoms with van der Waals surface area (Å²) >= 11 is 0.